The standard InChI is InChI=1S/C11H19N/c1-4-10(3)6-7-11(5-2)8-9-12/h4-7H,8-9,12H2,1-3H3/b7-6-,10-4-,11-5-. The summed E-state index contributed by atoms with van der Waals surface area (Å²) in [6, 6.07) is 0. The van der Waals surface area contributed by atoms with Crippen molar-refractivity contribution in [3.05, 3.63) is 35.5 Å². The van der Waals surface area contributed by atoms with Crippen molar-refractivity contribution in [3.8, 4) is 0 Å². The molecule has 2 N–H and O–H groups in total. The second-order valence-electron chi connectivity index (χ2n) is 2.77. The molecule has 0 fully saturated rings. The van der Waals surface area contributed by atoms with Crippen LogP contribution < -0.4 is 5.73 Å². The van der Waals surface area contributed by atoms with Crippen molar-refractivity contribution in [1.82, 2.24) is 0 Å². The van der Waals surface area contributed by atoms with Crippen LogP contribution in [0.2, 0.25) is 0 Å². The van der Waals surface area contributed by atoms with Gasteiger partial charge < -0.3 is 5.73 Å². The van der Waals surface area contributed by atoms with Gasteiger partial charge in [0, 0.05) is 0 Å². The van der Waals surface area contributed by atoms with Crippen LogP contribution in [0.3, 0.4) is 0 Å². The summed E-state index contributed by atoms with van der Waals surface area (Å²) >= 11 is 0. The molecule has 0 bridgehead atoms. The van der Waals surface area contributed by atoms with Gasteiger partial charge in [-0.25, -0.2) is 0 Å². The molecule has 0 saturated heterocycles. The predicted octanol–water partition coefficient (Wildman–Crippen LogP) is 2.80. The SMILES string of the molecule is C\C=C(C)/C=C\C(=C\C)CCN. The minimum Gasteiger partial charge on any atom is -0.330 e. The van der Waals surface area contributed by atoms with E-state index in [0.717, 1.165) is 13.0 Å². The molecule has 0 heterocycles. The topological polar surface area (TPSA) is 26.0 Å². The highest BCUT2D eigenvalue weighted by molar-refractivity contribution is 5.26. The number of hydrogen-bond donors (Lipinski definition) is 1. The van der Waals surface area contributed by atoms with Gasteiger partial charge >= 0.3 is 0 Å². The minimum atomic E-state index is 0.721. The van der Waals surface area contributed by atoms with Crippen LogP contribution in [0.15, 0.2) is 35.5 Å². The van der Waals surface area contributed by atoms with E-state index in [1.54, 1.807) is 0 Å². The van der Waals surface area contributed by atoms with Gasteiger partial charge in [-0.3, -0.25) is 0 Å². The summed E-state index contributed by atoms with van der Waals surface area (Å²) in [7, 11) is 0. The van der Waals surface area contributed by atoms with Crippen LogP contribution in [0.5, 0.6) is 0 Å². The fraction of sp³-hybridized carbons (Fsp3) is 0.455. The summed E-state index contributed by atoms with van der Waals surface area (Å²) < 4.78 is 0. The zero-order valence-corrected chi connectivity index (χ0v) is 8.30. The van der Waals surface area contributed by atoms with E-state index in [4.69, 9.17) is 5.73 Å². The third-order valence-electron chi connectivity index (χ3n) is 1.82. The van der Waals surface area contributed by atoms with E-state index < -0.39 is 0 Å². The first-order chi connectivity index (χ1) is 5.74. The summed E-state index contributed by atoms with van der Waals surface area (Å²) in [4.78, 5) is 0. The van der Waals surface area contributed by atoms with E-state index in [2.05, 4.69) is 31.2 Å². The third-order valence-corrected chi connectivity index (χ3v) is 1.82. The fourth-order valence-corrected chi connectivity index (χ4v) is 0.825. The van der Waals surface area contributed by atoms with Crippen molar-refractivity contribution >= 4 is 0 Å². The lowest BCUT2D eigenvalue weighted by Crippen LogP contribution is -1.98. The Bertz CT molecular complexity index is 197. The van der Waals surface area contributed by atoms with Crippen molar-refractivity contribution in [3.63, 3.8) is 0 Å². The van der Waals surface area contributed by atoms with Crippen molar-refractivity contribution in [2.24, 2.45) is 5.73 Å². The van der Waals surface area contributed by atoms with E-state index in [1.807, 2.05) is 13.8 Å². The molecular weight excluding hydrogens is 146 g/mol. The van der Waals surface area contributed by atoms with Crippen LogP contribution in [0.4, 0.5) is 0 Å². The molecule has 0 atom stereocenters. The van der Waals surface area contributed by atoms with Gasteiger partial charge in [-0.2, -0.15) is 0 Å². The molecule has 1 heteroatoms. The number of allylic oxidation sites excluding steroid dienone is 5. The molecule has 0 spiro atoms. The molecule has 0 aliphatic carbocycles. The molecule has 0 aliphatic rings. The smallest absolute Gasteiger partial charge is 0.00368 e. The Morgan fingerprint density at radius 3 is 2.25 bits per heavy atom. The molecule has 0 radical (unpaired) electrons. The van der Waals surface area contributed by atoms with Crippen molar-refractivity contribution < 1.29 is 0 Å². The van der Waals surface area contributed by atoms with Gasteiger partial charge in [0.25, 0.3) is 0 Å². The van der Waals surface area contributed by atoms with Crippen molar-refractivity contribution in [2.45, 2.75) is 27.2 Å². The van der Waals surface area contributed by atoms with E-state index >= 15 is 0 Å². The molecule has 0 aliphatic heterocycles. The molecule has 68 valence electrons. The Morgan fingerprint density at radius 1 is 1.17 bits per heavy atom. The van der Waals surface area contributed by atoms with Crippen LogP contribution in [-0.2, 0) is 0 Å². The normalized spacial score (nSPS) is 14.3. The van der Waals surface area contributed by atoms with Crippen LogP contribution in [0.25, 0.3) is 0 Å². The van der Waals surface area contributed by atoms with Gasteiger partial charge in [-0.1, -0.05) is 35.5 Å². The number of rotatable bonds is 4. The molecule has 0 amide bonds. The van der Waals surface area contributed by atoms with Gasteiger partial charge in [-0.05, 0) is 33.7 Å². The van der Waals surface area contributed by atoms with Crippen LogP contribution in [-0.4, -0.2) is 6.54 Å². The number of hydrogen-bond acceptors (Lipinski definition) is 1. The van der Waals surface area contributed by atoms with E-state index in [1.165, 1.54) is 11.1 Å². The van der Waals surface area contributed by atoms with Crippen molar-refractivity contribution in [2.75, 3.05) is 6.54 Å². The molecule has 0 rings (SSSR count). The first kappa shape index (κ1) is 11.2. The summed E-state index contributed by atoms with van der Waals surface area (Å²) in [5, 5.41) is 0. The second kappa shape index (κ2) is 6.86. The second-order valence-corrected chi connectivity index (χ2v) is 2.77. The van der Waals surface area contributed by atoms with Gasteiger partial charge in [0.05, 0.1) is 0 Å². The third kappa shape index (κ3) is 4.91. The summed E-state index contributed by atoms with van der Waals surface area (Å²) in [5.74, 6) is 0. The molecule has 1 nitrogen and oxygen atoms in total. The lowest BCUT2D eigenvalue weighted by atomic mass is 10.1. The fourth-order valence-electron chi connectivity index (χ4n) is 0.825. The Kier molecular flexibility index (Phi) is 6.39. The minimum absolute atomic E-state index is 0.721. The highest BCUT2D eigenvalue weighted by atomic mass is 14.5. The maximum Gasteiger partial charge on any atom is -0.00368 e. The zero-order chi connectivity index (χ0) is 9.40. The van der Waals surface area contributed by atoms with Crippen molar-refractivity contribution in [1.29, 1.82) is 0 Å². The Hall–Kier alpha value is -0.820. The average molecular weight is 165 g/mol. The quantitative estimate of drug-likeness (QED) is 0.637. The molecule has 0 aromatic heterocycles. The molecule has 12 heavy (non-hydrogen) atoms. The predicted molar refractivity (Wildman–Crippen MR) is 56.0 cm³/mol. The van der Waals surface area contributed by atoms with E-state index in [0.29, 0.717) is 0 Å². The largest absolute Gasteiger partial charge is 0.330 e. The van der Waals surface area contributed by atoms with Gasteiger partial charge in [-0.15, -0.1) is 0 Å². The molecule has 0 aromatic rings. The maximum atomic E-state index is 5.45. The Balaban J connectivity index is 4.12. The zero-order valence-electron chi connectivity index (χ0n) is 8.30. The average Bonchev–Trinajstić information content (AvgIpc) is 2.11. The Morgan fingerprint density at radius 2 is 1.83 bits per heavy atom. The lowest BCUT2D eigenvalue weighted by Gasteiger charge is -1.97. The summed E-state index contributed by atoms with van der Waals surface area (Å²) in [6.07, 6.45) is 9.40. The summed E-state index contributed by atoms with van der Waals surface area (Å²) in [5.41, 5.74) is 8.04. The van der Waals surface area contributed by atoms with Crippen LogP contribution in [0, 0.1) is 0 Å². The van der Waals surface area contributed by atoms with Crippen LogP contribution in [0.1, 0.15) is 27.2 Å². The first-order valence-electron chi connectivity index (χ1n) is 4.40. The Labute approximate surface area is 75.7 Å². The van der Waals surface area contributed by atoms with E-state index in [-0.39, 0.29) is 0 Å². The maximum absolute atomic E-state index is 5.45. The van der Waals surface area contributed by atoms with Gasteiger partial charge in [0.15, 0.2) is 0 Å². The summed E-state index contributed by atoms with van der Waals surface area (Å²) in [6.45, 7) is 6.89. The molecule has 0 unspecified atom stereocenters. The molecule has 0 saturated carbocycles. The van der Waals surface area contributed by atoms with Crippen LogP contribution >= 0.6 is 0 Å². The monoisotopic (exact) mass is 165 g/mol. The highest BCUT2D eigenvalue weighted by Crippen LogP contribution is 2.04. The molecular formula is C11H19N. The van der Waals surface area contributed by atoms with Gasteiger partial charge in [0.1, 0.15) is 0 Å². The van der Waals surface area contributed by atoms with E-state index in [9.17, 15) is 0 Å². The lowest BCUT2D eigenvalue weighted by molar-refractivity contribution is 0.970. The number of nitrogens with two attached hydrogens (primary N) is 1. The first-order valence-corrected chi connectivity index (χ1v) is 4.40. The highest BCUT2D eigenvalue weighted by Gasteiger charge is 1.87. The molecule has 0 aromatic carbocycles. The van der Waals surface area contributed by atoms with Gasteiger partial charge in [0.2, 0.25) is 0 Å².